The van der Waals surface area contributed by atoms with Gasteiger partial charge in [0.25, 0.3) is 5.91 Å². The highest BCUT2D eigenvalue weighted by Crippen LogP contribution is 2.21. The zero-order valence-corrected chi connectivity index (χ0v) is 12.9. The quantitative estimate of drug-likeness (QED) is 0.876. The molecule has 21 heavy (non-hydrogen) atoms. The standard InChI is InChI=1S/C17H22N2O2/c1-11(2)18-17(20)14-6-8-15(9-7-14)19-13(4)16-10-5-12(3)21-16/h5-11,13,19H,1-4H3,(H,18,20). The molecule has 0 saturated heterocycles. The smallest absolute Gasteiger partial charge is 0.251 e. The number of carbonyl (C=O) groups excluding carboxylic acids is 1. The minimum absolute atomic E-state index is 0.0498. The van der Waals surface area contributed by atoms with Crippen molar-refractivity contribution < 1.29 is 9.21 Å². The summed E-state index contributed by atoms with van der Waals surface area (Å²) in [5, 5.41) is 6.23. The highest BCUT2D eigenvalue weighted by Gasteiger charge is 2.10. The highest BCUT2D eigenvalue weighted by atomic mass is 16.3. The van der Waals surface area contributed by atoms with Crippen LogP contribution in [0.2, 0.25) is 0 Å². The van der Waals surface area contributed by atoms with Crippen molar-refractivity contribution >= 4 is 11.6 Å². The molecule has 1 heterocycles. The molecular formula is C17H22N2O2. The van der Waals surface area contributed by atoms with E-state index in [-0.39, 0.29) is 18.0 Å². The van der Waals surface area contributed by atoms with Crippen LogP contribution in [-0.4, -0.2) is 11.9 Å². The summed E-state index contributed by atoms with van der Waals surface area (Å²) in [7, 11) is 0. The van der Waals surface area contributed by atoms with Gasteiger partial charge in [0.2, 0.25) is 0 Å². The van der Waals surface area contributed by atoms with E-state index in [0.717, 1.165) is 17.2 Å². The van der Waals surface area contributed by atoms with Gasteiger partial charge < -0.3 is 15.1 Å². The zero-order chi connectivity index (χ0) is 15.4. The van der Waals surface area contributed by atoms with E-state index in [1.165, 1.54) is 0 Å². The number of hydrogen-bond donors (Lipinski definition) is 2. The number of benzene rings is 1. The van der Waals surface area contributed by atoms with Crippen LogP contribution in [0.25, 0.3) is 0 Å². The van der Waals surface area contributed by atoms with Gasteiger partial charge in [0.1, 0.15) is 11.5 Å². The summed E-state index contributed by atoms with van der Waals surface area (Å²) >= 11 is 0. The van der Waals surface area contributed by atoms with Crippen LogP contribution in [0.15, 0.2) is 40.8 Å². The molecule has 0 fully saturated rings. The molecule has 0 saturated carbocycles. The largest absolute Gasteiger partial charge is 0.464 e. The third-order valence-electron chi connectivity index (χ3n) is 3.14. The summed E-state index contributed by atoms with van der Waals surface area (Å²) in [5.41, 5.74) is 1.62. The second-order valence-electron chi connectivity index (χ2n) is 5.52. The molecule has 1 amide bonds. The third-order valence-corrected chi connectivity index (χ3v) is 3.14. The minimum atomic E-state index is -0.0498. The van der Waals surface area contributed by atoms with Crippen molar-refractivity contribution in [1.82, 2.24) is 5.32 Å². The molecule has 0 aliphatic rings. The van der Waals surface area contributed by atoms with Gasteiger partial charge in [-0.1, -0.05) is 0 Å². The Morgan fingerprint density at radius 3 is 2.24 bits per heavy atom. The first-order valence-corrected chi connectivity index (χ1v) is 7.19. The molecule has 1 atom stereocenters. The Bertz CT molecular complexity index is 600. The predicted molar refractivity (Wildman–Crippen MR) is 84.5 cm³/mol. The molecule has 1 unspecified atom stereocenters. The molecule has 1 aromatic heterocycles. The van der Waals surface area contributed by atoms with Gasteiger partial charge in [-0.15, -0.1) is 0 Å². The van der Waals surface area contributed by atoms with Crippen molar-refractivity contribution in [2.45, 2.75) is 39.8 Å². The molecule has 2 N–H and O–H groups in total. The van der Waals surface area contributed by atoms with Gasteiger partial charge in [-0.2, -0.15) is 0 Å². The minimum Gasteiger partial charge on any atom is -0.464 e. The van der Waals surface area contributed by atoms with Gasteiger partial charge in [0, 0.05) is 17.3 Å². The Kier molecular flexibility index (Phi) is 4.68. The fraction of sp³-hybridized carbons (Fsp3) is 0.353. The van der Waals surface area contributed by atoms with Gasteiger partial charge in [0.05, 0.1) is 6.04 Å². The Morgan fingerprint density at radius 2 is 1.71 bits per heavy atom. The molecule has 0 aliphatic heterocycles. The Balaban J connectivity index is 2.00. The van der Waals surface area contributed by atoms with Crippen molar-refractivity contribution in [3.05, 3.63) is 53.5 Å². The maximum atomic E-state index is 11.9. The van der Waals surface area contributed by atoms with Gasteiger partial charge >= 0.3 is 0 Å². The van der Waals surface area contributed by atoms with Crippen molar-refractivity contribution in [2.24, 2.45) is 0 Å². The number of rotatable bonds is 5. The van der Waals surface area contributed by atoms with Crippen LogP contribution in [0.3, 0.4) is 0 Å². The summed E-state index contributed by atoms with van der Waals surface area (Å²) < 4.78 is 5.60. The highest BCUT2D eigenvalue weighted by molar-refractivity contribution is 5.94. The monoisotopic (exact) mass is 286 g/mol. The van der Waals surface area contributed by atoms with Gasteiger partial charge in [-0.05, 0) is 64.1 Å². The Hall–Kier alpha value is -2.23. The number of furan rings is 1. The van der Waals surface area contributed by atoms with Gasteiger partial charge in [0.15, 0.2) is 0 Å². The number of anilines is 1. The first kappa shape index (κ1) is 15.2. The molecule has 0 spiro atoms. The number of aryl methyl sites for hydroxylation is 1. The van der Waals surface area contributed by atoms with Crippen molar-refractivity contribution in [3.8, 4) is 0 Å². The zero-order valence-electron chi connectivity index (χ0n) is 12.9. The Labute approximate surface area is 125 Å². The van der Waals surface area contributed by atoms with E-state index in [0.29, 0.717) is 5.56 Å². The lowest BCUT2D eigenvalue weighted by molar-refractivity contribution is 0.0943. The second-order valence-corrected chi connectivity index (χ2v) is 5.52. The fourth-order valence-corrected chi connectivity index (χ4v) is 2.07. The Morgan fingerprint density at radius 1 is 1.05 bits per heavy atom. The average Bonchev–Trinajstić information content (AvgIpc) is 2.85. The van der Waals surface area contributed by atoms with E-state index in [1.54, 1.807) is 0 Å². The molecule has 4 nitrogen and oxygen atoms in total. The summed E-state index contributed by atoms with van der Waals surface area (Å²) in [6, 6.07) is 11.6. The maximum absolute atomic E-state index is 11.9. The average molecular weight is 286 g/mol. The SMILES string of the molecule is Cc1ccc(C(C)Nc2ccc(C(=O)NC(C)C)cc2)o1. The van der Waals surface area contributed by atoms with Crippen molar-refractivity contribution in [2.75, 3.05) is 5.32 Å². The van der Waals surface area contributed by atoms with Crippen LogP contribution >= 0.6 is 0 Å². The lowest BCUT2D eigenvalue weighted by atomic mass is 10.1. The maximum Gasteiger partial charge on any atom is 0.251 e. The number of nitrogens with one attached hydrogen (secondary N) is 2. The molecular weight excluding hydrogens is 264 g/mol. The number of amides is 1. The van der Waals surface area contributed by atoms with Crippen LogP contribution in [0.5, 0.6) is 0 Å². The van der Waals surface area contributed by atoms with E-state index in [1.807, 2.05) is 64.1 Å². The van der Waals surface area contributed by atoms with E-state index in [4.69, 9.17) is 4.42 Å². The molecule has 2 rings (SSSR count). The second kappa shape index (κ2) is 6.48. The van der Waals surface area contributed by atoms with E-state index < -0.39 is 0 Å². The van der Waals surface area contributed by atoms with Crippen LogP contribution in [0, 0.1) is 6.92 Å². The predicted octanol–water partition coefficient (Wildman–Crippen LogP) is 3.90. The third kappa shape index (κ3) is 4.12. The summed E-state index contributed by atoms with van der Waals surface area (Å²) in [5.74, 6) is 1.75. The summed E-state index contributed by atoms with van der Waals surface area (Å²) in [6.45, 7) is 7.86. The molecule has 1 aromatic carbocycles. The van der Waals surface area contributed by atoms with Gasteiger partial charge in [-0.3, -0.25) is 4.79 Å². The van der Waals surface area contributed by atoms with E-state index in [9.17, 15) is 4.79 Å². The van der Waals surface area contributed by atoms with Crippen LogP contribution in [-0.2, 0) is 0 Å². The van der Waals surface area contributed by atoms with Gasteiger partial charge in [-0.25, -0.2) is 0 Å². The molecule has 0 radical (unpaired) electrons. The van der Waals surface area contributed by atoms with E-state index in [2.05, 4.69) is 10.6 Å². The van der Waals surface area contributed by atoms with Crippen LogP contribution in [0.1, 0.15) is 48.7 Å². The van der Waals surface area contributed by atoms with E-state index >= 15 is 0 Å². The van der Waals surface area contributed by atoms with Crippen LogP contribution in [0.4, 0.5) is 5.69 Å². The lowest BCUT2D eigenvalue weighted by Gasteiger charge is -2.14. The molecule has 4 heteroatoms. The fourth-order valence-electron chi connectivity index (χ4n) is 2.07. The molecule has 2 aromatic rings. The molecule has 0 bridgehead atoms. The lowest BCUT2D eigenvalue weighted by Crippen LogP contribution is -2.29. The van der Waals surface area contributed by atoms with Crippen molar-refractivity contribution in [3.63, 3.8) is 0 Å². The topological polar surface area (TPSA) is 54.3 Å². The number of carbonyl (C=O) groups is 1. The molecule has 112 valence electrons. The first-order chi connectivity index (χ1) is 9.95. The molecule has 0 aliphatic carbocycles. The summed E-state index contributed by atoms with van der Waals surface area (Å²) in [4.78, 5) is 11.9. The van der Waals surface area contributed by atoms with Crippen molar-refractivity contribution in [1.29, 1.82) is 0 Å². The summed E-state index contributed by atoms with van der Waals surface area (Å²) in [6.07, 6.45) is 0. The normalized spacial score (nSPS) is 12.2. The van der Waals surface area contributed by atoms with Crippen LogP contribution < -0.4 is 10.6 Å². The first-order valence-electron chi connectivity index (χ1n) is 7.19. The number of hydrogen-bond acceptors (Lipinski definition) is 3.